The number of carbonyl (C=O) groups is 4. The summed E-state index contributed by atoms with van der Waals surface area (Å²) in [4.78, 5) is 52.8. The molecule has 1 saturated carbocycles. The first-order valence-corrected chi connectivity index (χ1v) is 10.7. The first-order valence-electron chi connectivity index (χ1n) is 10.7. The van der Waals surface area contributed by atoms with Crippen molar-refractivity contribution in [2.24, 2.45) is 0 Å². The Morgan fingerprint density at radius 2 is 1.80 bits per heavy atom. The number of likely N-dealkylation sites (N-methyl/N-ethyl adjacent to an activating group) is 2. The number of hydrogen-bond acceptors (Lipinski definition) is 6. The number of benzene rings is 1. The summed E-state index contributed by atoms with van der Waals surface area (Å²) in [6, 6.07) is 5.08. The van der Waals surface area contributed by atoms with Crippen LogP contribution in [0.4, 0.5) is 5.69 Å². The van der Waals surface area contributed by atoms with Crippen molar-refractivity contribution < 1.29 is 19.2 Å². The fraction of sp³-hybridized carbons (Fsp3) is 0.545. The maximum Gasteiger partial charge on any atom is 0.262 e. The van der Waals surface area contributed by atoms with Gasteiger partial charge in [0.25, 0.3) is 11.8 Å². The van der Waals surface area contributed by atoms with Crippen molar-refractivity contribution in [3.8, 4) is 0 Å². The molecule has 1 saturated heterocycles. The molecule has 30 heavy (non-hydrogen) atoms. The lowest BCUT2D eigenvalue weighted by Crippen LogP contribution is -2.54. The van der Waals surface area contributed by atoms with Gasteiger partial charge in [-0.05, 0) is 44.0 Å². The Bertz CT molecular complexity index is 897. The van der Waals surface area contributed by atoms with E-state index in [0.29, 0.717) is 23.2 Å². The minimum absolute atomic E-state index is 0.116. The Labute approximate surface area is 176 Å². The largest absolute Gasteiger partial charge is 0.370 e. The van der Waals surface area contributed by atoms with E-state index in [9.17, 15) is 19.2 Å². The molecule has 0 bridgehead atoms. The van der Waals surface area contributed by atoms with Gasteiger partial charge in [0.2, 0.25) is 11.8 Å². The number of piperidine rings is 1. The molecule has 8 nitrogen and oxygen atoms in total. The van der Waals surface area contributed by atoms with Crippen LogP contribution in [0.1, 0.15) is 66.2 Å². The monoisotopic (exact) mass is 412 g/mol. The van der Waals surface area contributed by atoms with Crippen LogP contribution in [0.3, 0.4) is 0 Å². The van der Waals surface area contributed by atoms with E-state index in [2.05, 4.69) is 22.5 Å². The molecule has 1 aromatic rings. The van der Waals surface area contributed by atoms with E-state index in [1.165, 1.54) is 12.8 Å². The number of nitrogens with zero attached hydrogens (tertiary/aromatic N) is 2. The molecule has 3 aliphatic rings. The van der Waals surface area contributed by atoms with Crippen molar-refractivity contribution >= 4 is 29.3 Å². The molecule has 3 atom stereocenters. The average Bonchev–Trinajstić information content (AvgIpc) is 2.98. The Morgan fingerprint density at radius 1 is 1.07 bits per heavy atom. The van der Waals surface area contributed by atoms with Crippen LogP contribution in [0, 0.1) is 0 Å². The molecule has 0 spiro atoms. The third-order valence-corrected chi connectivity index (χ3v) is 6.52. The van der Waals surface area contributed by atoms with Crippen LogP contribution < -0.4 is 15.5 Å². The zero-order valence-corrected chi connectivity index (χ0v) is 17.4. The molecule has 2 fully saturated rings. The first kappa shape index (κ1) is 20.5. The number of imide groups is 2. The maximum atomic E-state index is 13.1. The number of hydrogen-bond donors (Lipinski definition) is 2. The smallest absolute Gasteiger partial charge is 0.262 e. The molecule has 8 heteroatoms. The second-order valence-electron chi connectivity index (χ2n) is 8.30. The van der Waals surface area contributed by atoms with Gasteiger partial charge in [0.15, 0.2) is 0 Å². The van der Waals surface area contributed by atoms with Crippen LogP contribution in [0.15, 0.2) is 18.2 Å². The second kappa shape index (κ2) is 8.18. The Morgan fingerprint density at radius 3 is 2.53 bits per heavy atom. The topological polar surface area (TPSA) is 98.8 Å². The summed E-state index contributed by atoms with van der Waals surface area (Å²) < 4.78 is 0. The van der Waals surface area contributed by atoms with Gasteiger partial charge in [-0.25, -0.2) is 0 Å². The van der Waals surface area contributed by atoms with E-state index in [0.717, 1.165) is 30.0 Å². The number of nitrogens with one attached hydrogen (secondary N) is 2. The van der Waals surface area contributed by atoms with E-state index in [4.69, 9.17) is 0 Å². The van der Waals surface area contributed by atoms with Gasteiger partial charge >= 0.3 is 0 Å². The van der Waals surface area contributed by atoms with Crippen LogP contribution in [0.5, 0.6) is 0 Å². The normalized spacial score (nSPS) is 26.6. The van der Waals surface area contributed by atoms with Gasteiger partial charge in [-0.2, -0.15) is 0 Å². The van der Waals surface area contributed by atoms with E-state index >= 15 is 0 Å². The highest BCUT2D eigenvalue weighted by molar-refractivity contribution is 6.23. The highest BCUT2D eigenvalue weighted by atomic mass is 16.2. The summed E-state index contributed by atoms with van der Waals surface area (Å²) in [5.74, 6) is -1.90. The van der Waals surface area contributed by atoms with Gasteiger partial charge in [-0.3, -0.25) is 29.4 Å². The number of anilines is 1. The third kappa shape index (κ3) is 3.49. The number of fused-ring (bicyclic) bond motifs is 1. The van der Waals surface area contributed by atoms with Gasteiger partial charge < -0.3 is 10.2 Å². The minimum atomic E-state index is -0.937. The molecule has 1 aliphatic carbocycles. The van der Waals surface area contributed by atoms with Gasteiger partial charge in [0.05, 0.1) is 11.1 Å². The van der Waals surface area contributed by atoms with Gasteiger partial charge in [0.1, 0.15) is 6.04 Å². The van der Waals surface area contributed by atoms with Crippen molar-refractivity contribution in [2.75, 3.05) is 18.5 Å². The molecule has 2 N–H and O–H groups in total. The molecule has 2 aliphatic heterocycles. The summed E-state index contributed by atoms with van der Waals surface area (Å²) in [6.45, 7) is 3.02. The van der Waals surface area contributed by atoms with E-state index in [1.54, 1.807) is 12.1 Å². The zero-order valence-electron chi connectivity index (χ0n) is 17.4. The van der Waals surface area contributed by atoms with E-state index in [-0.39, 0.29) is 18.7 Å². The van der Waals surface area contributed by atoms with Gasteiger partial charge in [-0.15, -0.1) is 0 Å². The summed E-state index contributed by atoms with van der Waals surface area (Å²) in [7, 11) is 2.03. The third-order valence-electron chi connectivity index (χ3n) is 6.52. The summed E-state index contributed by atoms with van der Waals surface area (Å²) in [6.07, 6.45) is 4.85. The Balaban J connectivity index is 1.59. The quantitative estimate of drug-likeness (QED) is 0.710. The van der Waals surface area contributed by atoms with Crippen LogP contribution in [0.25, 0.3) is 0 Å². The van der Waals surface area contributed by atoms with Crippen molar-refractivity contribution in [3.05, 3.63) is 29.3 Å². The fourth-order valence-electron chi connectivity index (χ4n) is 4.95. The molecule has 0 aromatic heterocycles. The maximum absolute atomic E-state index is 13.1. The molecule has 4 rings (SSSR count). The number of amides is 4. The average molecular weight is 412 g/mol. The van der Waals surface area contributed by atoms with E-state index in [1.807, 2.05) is 13.1 Å². The molecular weight excluding hydrogens is 384 g/mol. The molecular formula is C22H28N4O4. The minimum Gasteiger partial charge on any atom is -0.370 e. The Hall–Kier alpha value is -2.74. The summed E-state index contributed by atoms with van der Waals surface area (Å²) in [5.41, 5.74) is 1.52. The number of rotatable bonds is 5. The van der Waals surface area contributed by atoms with Crippen LogP contribution in [0.2, 0.25) is 0 Å². The molecule has 160 valence electrons. The van der Waals surface area contributed by atoms with Crippen molar-refractivity contribution in [2.45, 2.75) is 63.6 Å². The lowest BCUT2D eigenvalue weighted by atomic mass is 9.89. The summed E-state index contributed by atoms with van der Waals surface area (Å²) >= 11 is 0. The summed E-state index contributed by atoms with van der Waals surface area (Å²) in [5, 5.41) is 5.79. The second-order valence-corrected chi connectivity index (χ2v) is 8.30. The van der Waals surface area contributed by atoms with Crippen LogP contribution in [-0.4, -0.2) is 60.2 Å². The lowest BCUT2D eigenvalue weighted by molar-refractivity contribution is -0.136. The molecule has 1 unspecified atom stereocenters. The highest BCUT2D eigenvalue weighted by Crippen LogP contribution is 2.32. The first-order chi connectivity index (χ1) is 14.4. The zero-order chi connectivity index (χ0) is 21.4. The number of carbonyl (C=O) groups excluding carboxylic acids is 4. The van der Waals surface area contributed by atoms with Crippen molar-refractivity contribution in [1.82, 2.24) is 15.5 Å². The van der Waals surface area contributed by atoms with Gasteiger partial charge in [0, 0.05) is 31.2 Å². The predicted octanol–water partition coefficient (Wildman–Crippen LogP) is 1.44. The Kier molecular flexibility index (Phi) is 5.60. The molecule has 0 radical (unpaired) electrons. The lowest BCUT2D eigenvalue weighted by Gasteiger charge is -2.39. The van der Waals surface area contributed by atoms with E-state index < -0.39 is 23.8 Å². The molecule has 2 heterocycles. The van der Waals surface area contributed by atoms with Crippen molar-refractivity contribution in [3.63, 3.8) is 0 Å². The standard InChI is InChI=1S/C22H28N4O4/c1-3-23-16-6-4-5-7-17(16)25(2)13-8-9-14-15(12-13)22(30)26(21(14)29)18-10-11-19(27)24-20(18)28/h8-9,12,16-18,23H,3-7,10-11H2,1-2H3,(H,24,27,28)/t16-,17+,18?/m1/s1. The molecule has 1 aromatic carbocycles. The predicted molar refractivity (Wildman–Crippen MR) is 111 cm³/mol. The van der Waals surface area contributed by atoms with Gasteiger partial charge in [-0.1, -0.05) is 19.8 Å². The SMILES string of the molecule is CCN[C@@H]1CCCC[C@@H]1N(C)c1ccc2c(c1)C(=O)N(C1CCC(=O)NC1=O)C2=O. The molecule has 4 amide bonds. The highest BCUT2D eigenvalue weighted by Gasteiger charge is 2.44. The van der Waals surface area contributed by atoms with Crippen LogP contribution >= 0.6 is 0 Å². The fourth-order valence-corrected chi connectivity index (χ4v) is 4.95. The van der Waals surface area contributed by atoms with Crippen LogP contribution in [-0.2, 0) is 9.59 Å². The van der Waals surface area contributed by atoms with Crippen molar-refractivity contribution in [1.29, 1.82) is 0 Å².